The summed E-state index contributed by atoms with van der Waals surface area (Å²) in [5.41, 5.74) is 0. The van der Waals surface area contributed by atoms with Gasteiger partial charge in [-0.3, -0.25) is 4.18 Å². The molecule has 0 spiro atoms. The molecule has 0 bridgehead atoms. The van der Waals surface area contributed by atoms with Crippen LogP contribution in [-0.4, -0.2) is 21.7 Å². The third-order valence-corrected chi connectivity index (χ3v) is 0.820. The first kappa shape index (κ1) is 7.80. The van der Waals surface area contributed by atoms with Crippen molar-refractivity contribution < 1.29 is 17.0 Å². The van der Waals surface area contributed by atoms with E-state index in [9.17, 15) is 12.8 Å². The highest BCUT2D eigenvalue weighted by molar-refractivity contribution is 7.84. The maximum Gasteiger partial charge on any atom is 0.333 e. The second-order valence-corrected chi connectivity index (χ2v) is 2.23. The molecule has 0 unspecified atom stereocenters. The second kappa shape index (κ2) is 2.95. The minimum absolute atomic E-state index is 0.501. The Bertz CT molecular complexity index is 141. The molecule has 0 aromatic rings. The van der Waals surface area contributed by atoms with Crippen molar-refractivity contribution in [3.8, 4) is 0 Å². The molecule has 0 saturated heterocycles. The van der Waals surface area contributed by atoms with Crippen molar-refractivity contribution in [2.45, 2.75) is 0 Å². The van der Waals surface area contributed by atoms with Crippen LogP contribution in [0.4, 0.5) is 4.39 Å². The smallest absolute Gasteiger partial charge is 0.255 e. The van der Waals surface area contributed by atoms with Gasteiger partial charge in [0.1, 0.15) is 6.67 Å². The molecule has 6 heteroatoms. The van der Waals surface area contributed by atoms with E-state index in [1.165, 1.54) is 0 Å². The van der Waals surface area contributed by atoms with E-state index < -0.39 is 23.6 Å². The Kier molecular flexibility index (Phi) is 2.88. The van der Waals surface area contributed by atoms with E-state index in [0.717, 1.165) is 0 Å². The topological polar surface area (TPSA) is 69.4 Å². The highest BCUT2D eigenvalue weighted by atomic mass is 32.2. The number of alkyl halides is 1. The van der Waals surface area contributed by atoms with Crippen LogP contribution in [0, 0.1) is 0 Å². The van der Waals surface area contributed by atoms with E-state index in [1.807, 2.05) is 0 Å². The molecule has 0 aliphatic carbocycles. The molecule has 0 aromatic carbocycles. The lowest BCUT2D eigenvalue weighted by atomic mass is 10.9. The van der Waals surface area contributed by atoms with Gasteiger partial charge in [-0.05, 0) is 0 Å². The Balaban J connectivity index is 3.42. The summed E-state index contributed by atoms with van der Waals surface area (Å²) in [4.78, 5) is 0. The van der Waals surface area contributed by atoms with Gasteiger partial charge in [-0.15, -0.1) is 0 Å². The maximum absolute atomic E-state index is 11.1. The summed E-state index contributed by atoms with van der Waals surface area (Å²) in [7, 11) is -3.93. The molecule has 2 N–H and O–H groups in total. The first-order valence-electron chi connectivity index (χ1n) is 1.79. The summed E-state index contributed by atoms with van der Waals surface area (Å²) in [6.45, 7) is -1.35. The van der Waals surface area contributed by atoms with Gasteiger partial charge in [0.15, 0.2) is 0 Å². The van der Waals surface area contributed by atoms with Gasteiger partial charge in [0.25, 0.3) is 0 Å². The van der Waals surface area contributed by atoms with Crippen LogP contribution < -0.4 is 5.14 Å². The Morgan fingerprint density at radius 2 is 2.12 bits per heavy atom. The van der Waals surface area contributed by atoms with Gasteiger partial charge in [-0.25, -0.2) is 9.53 Å². The molecule has 0 atom stereocenters. The van der Waals surface area contributed by atoms with Crippen molar-refractivity contribution in [1.82, 2.24) is 0 Å². The average Bonchev–Trinajstić information content (AvgIpc) is 1.59. The van der Waals surface area contributed by atoms with Gasteiger partial charge in [0.05, 0.1) is 6.61 Å². The van der Waals surface area contributed by atoms with Crippen LogP contribution in [0.25, 0.3) is 0 Å². The van der Waals surface area contributed by atoms with Crippen LogP contribution in [0.3, 0.4) is 0 Å². The summed E-state index contributed by atoms with van der Waals surface area (Å²) < 4.78 is 34.4. The highest BCUT2D eigenvalue weighted by Gasteiger charge is 1.98. The monoisotopic (exact) mass is 143 g/mol. The van der Waals surface area contributed by atoms with Crippen molar-refractivity contribution >= 4 is 10.3 Å². The van der Waals surface area contributed by atoms with Gasteiger partial charge in [-0.2, -0.15) is 8.42 Å². The Labute approximate surface area is 46.7 Å². The molecule has 0 aliphatic heterocycles. The SMILES string of the molecule is NS(=O)(=O)OCCF. The van der Waals surface area contributed by atoms with E-state index >= 15 is 0 Å². The highest BCUT2D eigenvalue weighted by Crippen LogP contribution is 1.80. The summed E-state index contributed by atoms with van der Waals surface area (Å²) >= 11 is 0. The number of nitrogens with two attached hydrogens (primary N) is 1. The normalized spacial score (nSPS) is 11.8. The minimum atomic E-state index is -3.93. The van der Waals surface area contributed by atoms with Gasteiger partial charge in [-0.1, -0.05) is 0 Å². The maximum atomic E-state index is 11.1. The van der Waals surface area contributed by atoms with E-state index in [4.69, 9.17) is 0 Å². The van der Waals surface area contributed by atoms with Crippen molar-refractivity contribution in [1.29, 1.82) is 0 Å². The zero-order valence-electron chi connectivity index (χ0n) is 4.00. The molecule has 0 aromatic heterocycles. The Morgan fingerprint density at radius 1 is 1.62 bits per heavy atom. The summed E-state index contributed by atoms with van der Waals surface area (Å²) in [5.74, 6) is 0. The first-order chi connectivity index (χ1) is 3.56. The molecule has 0 amide bonds. The molecular weight excluding hydrogens is 137 g/mol. The summed E-state index contributed by atoms with van der Waals surface area (Å²) in [6, 6.07) is 0. The molecule has 0 aliphatic rings. The number of rotatable bonds is 3. The largest absolute Gasteiger partial charge is 0.333 e. The van der Waals surface area contributed by atoms with Crippen LogP contribution in [-0.2, 0) is 14.5 Å². The molecule has 0 heterocycles. The standard InChI is InChI=1S/C2H6FNO3S/c3-1-2-7-8(4,5)6/h1-2H2,(H2,4,5,6). The number of hydrogen-bond donors (Lipinski definition) is 1. The molecule has 0 rings (SSSR count). The number of hydrogen-bond acceptors (Lipinski definition) is 3. The van der Waals surface area contributed by atoms with Crippen LogP contribution in [0.1, 0.15) is 0 Å². The quantitative estimate of drug-likeness (QED) is 0.561. The van der Waals surface area contributed by atoms with Crippen LogP contribution in [0.5, 0.6) is 0 Å². The molecule has 0 radical (unpaired) electrons. The van der Waals surface area contributed by atoms with Crippen LogP contribution >= 0.6 is 0 Å². The fourth-order valence-electron chi connectivity index (χ4n) is 0.148. The summed E-state index contributed by atoms with van der Waals surface area (Å²) in [5, 5.41) is 4.30. The Morgan fingerprint density at radius 3 is 2.25 bits per heavy atom. The van der Waals surface area contributed by atoms with Crippen molar-refractivity contribution in [3.05, 3.63) is 0 Å². The predicted molar refractivity (Wildman–Crippen MR) is 25.0 cm³/mol. The Hall–Kier alpha value is -0.200. The molecule has 0 saturated carbocycles. The minimum Gasteiger partial charge on any atom is -0.255 e. The lowest BCUT2D eigenvalue weighted by Crippen LogP contribution is -2.16. The third-order valence-electron chi connectivity index (χ3n) is 0.325. The zero-order chi connectivity index (χ0) is 6.62. The van der Waals surface area contributed by atoms with E-state index in [1.54, 1.807) is 0 Å². The van der Waals surface area contributed by atoms with Crippen molar-refractivity contribution in [3.63, 3.8) is 0 Å². The molecule has 0 fully saturated rings. The molecule has 50 valence electrons. The van der Waals surface area contributed by atoms with E-state index in [0.29, 0.717) is 0 Å². The predicted octanol–water partition coefficient (Wildman–Crippen LogP) is -0.824. The van der Waals surface area contributed by atoms with Gasteiger partial charge < -0.3 is 0 Å². The third kappa shape index (κ3) is 5.80. The fourth-order valence-corrected chi connectivity index (χ4v) is 0.443. The lowest BCUT2D eigenvalue weighted by Gasteiger charge is -1.92. The molecular formula is C2H6FNO3S. The molecule has 8 heavy (non-hydrogen) atoms. The van der Waals surface area contributed by atoms with Crippen molar-refractivity contribution in [2.24, 2.45) is 5.14 Å². The average molecular weight is 143 g/mol. The number of halogens is 1. The second-order valence-electron chi connectivity index (χ2n) is 1.00. The lowest BCUT2D eigenvalue weighted by molar-refractivity contribution is 0.277. The van der Waals surface area contributed by atoms with Crippen molar-refractivity contribution in [2.75, 3.05) is 13.3 Å². The first-order valence-corrected chi connectivity index (χ1v) is 3.26. The zero-order valence-corrected chi connectivity index (χ0v) is 4.82. The van der Waals surface area contributed by atoms with Crippen LogP contribution in [0.2, 0.25) is 0 Å². The summed E-state index contributed by atoms with van der Waals surface area (Å²) in [6.07, 6.45) is 0. The van der Waals surface area contributed by atoms with Crippen LogP contribution in [0.15, 0.2) is 0 Å². The fraction of sp³-hybridized carbons (Fsp3) is 1.00. The van der Waals surface area contributed by atoms with E-state index in [2.05, 4.69) is 9.32 Å². The van der Waals surface area contributed by atoms with Gasteiger partial charge in [0.2, 0.25) is 0 Å². The van der Waals surface area contributed by atoms with E-state index in [-0.39, 0.29) is 0 Å². The van der Waals surface area contributed by atoms with Gasteiger partial charge >= 0.3 is 10.3 Å². The van der Waals surface area contributed by atoms with Gasteiger partial charge in [0, 0.05) is 0 Å². The molecule has 4 nitrogen and oxygen atoms in total.